The third-order valence-electron chi connectivity index (χ3n) is 2.57. The van der Waals surface area contributed by atoms with Crippen LogP contribution in [0.2, 0.25) is 0 Å². The van der Waals surface area contributed by atoms with Gasteiger partial charge >= 0.3 is 0 Å². The van der Waals surface area contributed by atoms with Crippen LogP contribution in [0.3, 0.4) is 0 Å². The predicted octanol–water partition coefficient (Wildman–Crippen LogP) is 1.76. The molecule has 2 atom stereocenters. The maximum absolute atomic E-state index is 5.81. The van der Waals surface area contributed by atoms with E-state index in [1.165, 1.54) is 5.56 Å². The van der Waals surface area contributed by atoms with Crippen LogP contribution in [0, 0.1) is 0 Å². The van der Waals surface area contributed by atoms with E-state index in [2.05, 4.69) is 12.2 Å². The molecule has 1 saturated heterocycles. The average molecular weight is 206 g/mol. The van der Waals surface area contributed by atoms with Crippen LogP contribution in [0.4, 0.5) is 0 Å². The van der Waals surface area contributed by atoms with Crippen molar-refractivity contribution in [2.75, 3.05) is 20.2 Å². The van der Waals surface area contributed by atoms with Crippen molar-refractivity contribution in [3.8, 4) is 5.75 Å². The van der Waals surface area contributed by atoms with Crippen LogP contribution < -0.4 is 10.1 Å². The Morgan fingerprint density at radius 1 is 1.27 bits per heavy atom. The third-order valence-corrected chi connectivity index (χ3v) is 2.57. The molecule has 0 spiro atoms. The predicted molar refractivity (Wildman–Crippen MR) is 58.2 cm³/mol. The van der Waals surface area contributed by atoms with E-state index in [9.17, 15) is 0 Å². The maximum Gasteiger partial charge on any atom is 0.118 e. The van der Waals surface area contributed by atoms with E-state index >= 15 is 0 Å². The molecule has 3 heteroatoms. The average Bonchev–Trinajstić information content (AvgIpc) is 2.29. The van der Waals surface area contributed by atoms with Crippen LogP contribution in [0.1, 0.15) is 18.6 Å². The molecule has 1 fully saturated rings. The molecule has 0 aromatic heterocycles. The maximum atomic E-state index is 5.81. The van der Waals surface area contributed by atoms with Crippen molar-refractivity contribution in [1.82, 2.24) is 5.32 Å². The van der Waals surface area contributed by atoms with Gasteiger partial charge in [-0.2, -0.15) is 0 Å². The van der Waals surface area contributed by atoms with Crippen molar-refractivity contribution >= 4 is 0 Å². The Bertz CT molecular complexity index is 310. The van der Waals surface area contributed by atoms with Gasteiger partial charge in [-0.05, 0) is 24.6 Å². The SMILES string of the molecule is COc1ccc(C2C[N]CC(C)O2)cc1. The fourth-order valence-corrected chi connectivity index (χ4v) is 1.74. The zero-order valence-electron chi connectivity index (χ0n) is 9.14. The minimum absolute atomic E-state index is 0.111. The van der Waals surface area contributed by atoms with Crippen LogP contribution in [0.15, 0.2) is 24.3 Å². The van der Waals surface area contributed by atoms with E-state index in [4.69, 9.17) is 9.47 Å². The van der Waals surface area contributed by atoms with Gasteiger partial charge in [0.15, 0.2) is 0 Å². The summed E-state index contributed by atoms with van der Waals surface area (Å²) in [4.78, 5) is 0. The van der Waals surface area contributed by atoms with Gasteiger partial charge in [-0.1, -0.05) is 12.1 Å². The molecule has 0 aliphatic carbocycles. The molecule has 3 nitrogen and oxygen atoms in total. The highest BCUT2D eigenvalue weighted by atomic mass is 16.5. The lowest BCUT2D eigenvalue weighted by Crippen LogP contribution is -2.34. The summed E-state index contributed by atoms with van der Waals surface area (Å²) in [5.74, 6) is 0.875. The second-order valence-corrected chi connectivity index (χ2v) is 3.80. The minimum atomic E-state index is 0.111. The van der Waals surface area contributed by atoms with Crippen molar-refractivity contribution in [2.24, 2.45) is 0 Å². The number of methoxy groups -OCH3 is 1. The van der Waals surface area contributed by atoms with Gasteiger partial charge in [0.05, 0.1) is 19.3 Å². The molecule has 1 heterocycles. The van der Waals surface area contributed by atoms with Crippen LogP contribution in [-0.2, 0) is 4.74 Å². The van der Waals surface area contributed by atoms with Gasteiger partial charge in [0.25, 0.3) is 0 Å². The molecule has 0 amide bonds. The van der Waals surface area contributed by atoms with Crippen LogP contribution in [-0.4, -0.2) is 26.3 Å². The zero-order valence-corrected chi connectivity index (χ0v) is 9.14. The lowest BCUT2D eigenvalue weighted by Gasteiger charge is -2.27. The molecule has 1 aromatic carbocycles. The summed E-state index contributed by atoms with van der Waals surface area (Å²) in [6.45, 7) is 3.63. The van der Waals surface area contributed by atoms with Crippen LogP contribution in [0.25, 0.3) is 0 Å². The number of nitrogens with zero attached hydrogens (tertiary/aromatic N) is 1. The van der Waals surface area contributed by atoms with E-state index in [1.807, 2.05) is 24.3 Å². The first kappa shape index (κ1) is 10.5. The topological polar surface area (TPSA) is 32.6 Å². The fraction of sp³-hybridized carbons (Fsp3) is 0.500. The van der Waals surface area contributed by atoms with E-state index < -0.39 is 0 Å². The fourth-order valence-electron chi connectivity index (χ4n) is 1.74. The van der Waals surface area contributed by atoms with Crippen LogP contribution >= 0.6 is 0 Å². The van der Waals surface area contributed by atoms with Crippen molar-refractivity contribution in [3.63, 3.8) is 0 Å². The van der Waals surface area contributed by atoms with Gasteiger partial charge in [-0.25, -0.2) is 5.32 Å². The first-order valence-electron chi connectivity index (χ1n) is 5.22. The largest absolute Gasteiger partial charge is 0.497 e. The van der Waals surface area contributed by atoms with Gasteiger partial charge in [-0.15, -0.1) is 0 Å². The van der Waals surface area contributed by atoms with Gasteiger partial charge in [0.2, 0.25) is 0 Å². The Kier molecular flexibility index (Phi) is 3.23. The molecular weight excluding hydrogens is 190 g/mol. The molecular formula is C12H16NO2. The second kappa shape index (κ2) is 4.64. The summed E-state index contributed by atoms with van der Waals surface area (Å²) >= 11 is 0. The van der Waals surface area contributed by atoms with E-state index in [1.54, 1.807) is 7.11 Å². The molecule has 1 aliphatic rings. The highest BCUT2D eigenvalue weighted by Gasteiger charge is 2.20. The highest BCUT2D eigenvalue weighted by molar-refractivity contribution is 5.28. The lowest BCUT2D eigenvalue weighted by molar-refractivity contribution is -0.0302. The summed E-state index contributed by atoms with van der Waals surface area (Å²) in [5.41, 5.74) is 1.17. The summed E-state index contributed by atoms with van der Waals surface area (Å²) < 4.78 is 10.9. The first-order valence-corrected chi connectivity index (χ1v) is 5.22. The number of rotatable bonds is 2. The van der Waals surface area contributed by atoms with Gasteiger partial charge in [0, 0.05) is 13.1 Å². The molecule has 1 aliphatic heterocycles. The zero-order chi connectivity index (χ0) is 10.7. The quantitative estimate of drug-likeness (QED) is 0.738. The molecule has 2 rings (SSSR count). The Morgan fingerprint density at radius 3 is 2.60 bits per heavy atom. The molecule has 15 heavy (non-hydrogen) atoms. The highest BCUT2D eigenvalue weighted by Crippen LogP contribution is 2.23. The summed E-state index contributed by atoms with van der Waals surface area (Å²) in [7, 11) is 1.67. The number of ether oxygens (including phenoxy) is 2. The van der Waals surface area contributed by atoms with Crippen molar-refractivity contribution in [3.05, 3.63) is 29.8 Å². The molecule has 0 N–H and O–H groups in total. The molecule has 2 unspecified atom stereocenters. The third kappa shape index (κ3) is 2.49. The molecule has 81 valence electrons. The van der Waals surface area contributed by atoms with Gasteiger partial charge in [0.1, 0.15) is 5.75 Å². The molecule has 1 radical (unpaired) electrons. The number of hydrogen-bond donors (Lipinski definition) is 0. The summed E-state index contributed by atoms with van der Waals surface area (Å²) in [6.07, 6.45) is 0.338. The number of morpholine rings is 1. The normalized spacial score (nSPS) is 26.3. The van der Waals surface area contributed by atoms with Gasteiger partial charge < -0.3 is 9.47 Å². The monoisotopic (exact) mass is 206 g/mol. The van der Waals surface area contributed by atoms with E-state index in [-0.39, 0.29) is 12.2 Å². The summed E-state index contributed by atoms with van der Waals surface area (Å²) in [6, 6.07) is 7.99. The first-order chi connectivity index (χ1) is 7.29. The van der Waals surface area contributed by atoms with Crippen molar-refractivity contribution < 1.29 is 9.47 Å². The molecule has 0 saturated carbocycles. The van der Waals surface area contributed by atoms with E-state index in [0.29, 0.717) is 0 Å². The molecule has 0 bridgehead atoms. The van der Waals surface area contributed by atoms with Crippen molar-refractivity contribution in [1.29, 1.82) is 0 Å². The van der Waals surface area contributed by atoms with E-state index in [0.717, 1.165) is 18.8 Å². The lowest BCUT2D eigenvalue weighted by atomic mass is 10.1. The standard InChI is InChI=1S/C12H16NO2/c1-9-7-13-8-12(15-9)10-3-5-11(14-2)6-4-10/h3-6,9,12H,7-8H2,1-2H3. The Labute approximate surface area is 90.4 Å². The molecule has 1 aromatic rings. The Morgan fingerprint density at radius 2 is 2.00 bits per heavy atom. The van der Waals surface area contributed by atoms with Crippen molar-refractivity contribution in [2.45, 2.75) is 19.1 Å². The minimum Gasteiger partial charge on any atom is -0.497 e. The Hall–Kier alpha value is -1.06. The number of benzene rings is 1. The van der Waals surface area contributed by atoms with Gasteiger partial charge in [-0.3, -0.25) is 0 Å². The Balaban J connectivity index is 2.07. The van der Waals surface area contributed by atoms with Crippen LogP contribution in [0.5, 0.6) is 5.75 Å². The second-order valence-electron chi connectivity index (χ2n) is 3.80. The smallest absolute Gasteiger partial charge is 0.118 e. The summed E-state index contributed by atoms with van der Waals surface area (Å²) in [5, 5.41) is 4.40. The number of hydrogen-bond acceptors (Lipinski definition) is 2.